The molecule has 0 unspecified atom stereocenters. The van der Waals surface area contributed by atoms with Gasteiger partial charge < -0.3 is 5.32 Å². The van der Waals surface area contributed by atoms with Crippen molar-refractivity contribution >= 4 is 11.0 Å². The van der Waals surface area contributed by atoms with E-state index in [0.29, 0.717) is 12.4 Å². The van der Waals surface area contributed by atoms with Crippen molar-refractivity contribution in [2.24, 2.45) is 0 Å². The summed E-state index contributed by atoms with van der Waals surface area (Å²) in [6.07, 6.45) is 2.96. The van der Waals surface area contributed by atoms with Crippen LogP contribution in [0.5, 0.6) is 0 Å². The maximum absolute atomic E-state index is 13.4. The second kappa shape index (κ2) is 5.38. The molecule has 102 valence electrons. The Kier molecular flexibility index (Phi) is 3.43. The van der Waals surface area contributed by atoms with E-state index in [4.69, 9.17) is 0 Å². The van der Waals surface area contributed by atoms with E-state index in [-0.39, 0.29) is 5.82 Å². The van der Waals surface area contributed by atoms with Crippen LogP contribution in [-0.4, -0.2) is 21.1 Å². The molecule has 5 heteroatoms. The van der Waals surface area contributed by atoms with Gasteiger partial charge in [-0.05, 0) is 24.7 Å². The molecule has 0 saturated carbocycles. The van der Waals surface area contributed by atoms with E-state index in [1.807, 2.05) is 35.8 Å². The van der Waals surface area contributed by atoms with Gasteiger partial charge in [-0.15, -0.1) is 0 Å². The molecule has 0 spiro atoms. The van der Waals surface area contributed by atoms with E-state index in [1.165, 1.54) is 12.3 Å². The van der Waals surface area contributed by atoms with Crippen molar-refractivity contribution in [1.82, 2.24) is 19.9 Å². The van der Waals surface area contributed by atoms with Gasteiger partial charge in [0.2, 0.25) is 0 Å². The average molecular weight is 270 g/mol. The first-order valence-corrected chi connectivity index (χ1v) is 6.57. The minimum absolute atomic E-state index is 0.328. The zero-order valence-electron chi connectivity index (χ0n) is 11.2. The molecule has 0 aliphatic heterocycles. The molecule has 0 aliphatic rings. The molecule has 0 amide bonds. The molecule has 4 nitrogen and oxygen atoms in total. The third-order valence-electron chi connectivity index (χ3n) is 3.16. The van der Waals surface area contributed by atoms with E-state index < -0.39 is 0 Å². The van der Waals surface area contributed by atoms with Crippen LogP contribution in [0.25, 0.3) is 16.9 Å². The lowest BCUT2D eigenvalue weighted by atomic mass is 10.2. The van der Waals surface area contributed by atoms with E-state index in [9.17, 15) is 4.39 Å². The van der Waals surface area contributed by atoms with Gasteiger partial charge >= 0.3 is 0 Å². The van der Waals surface area contributed by atoms with Crippen molar-refractivity contribution in [1.29, 1.82) is 0 Å². The summed E-state index contributed by atoms with van der Waals surface area (Å²) in [5.41, 5.74) is 2.67. The summed E-state index contributed by atoms with van der Waals surface area (Å²) >= 11 is 0. The van der Waals surface area contributed by atoms with Crippen LogP contribution < -0.4 is 5.32 Å². The van der Waals surface area contributed by atoms with Crippen molar-refractivity contribution < 1.29 is 4.39 Å². The largest absolute Gasteiger partial charge is 0.313 e. The highest BCUT2D eigenvalue weighted by Gasteiger charge is 2.10. The molecular weight excluding hydrogens is 255 g/mol. The number of nitrogens with one attached hydrogen (secondary N) is 1. The van der Waals surface area contributed by atoms with Gasteiger partial charge in [-0.1, -0.05) is 19.1 Å². The molecule has 20 heavy (non-hydrogen) atoms. The third-order valence-corrected chi connectivity index (χ3v) is 3.16. The fourth-order valence-electron chi connectivity index (χ4n) is 2.21. The number of pyridine rings is 1. The second-order valence-electron chi connectivity index (χ2n) is 4.52. The number of nitrogens with zero attached hydrogens (tertiary/aromatic N) is 3. The minimum Gasteiger partial charge on any atom is -0.313 e. The first-order valence-electron chi connectivity index (χ1n) is 6.57. The fraction of sp³-hybridized carbons (Fsp3) is 0.200. The summed E-state index contributed by atoms with van der Waals surface area (Å²) in [5, 5.41) is 3.20. The molecular formula is C15H15FN4. The summed E-state index contributed by atoms with van der Waals surface area (Å²) in [5.74, 6) is 0.382. The molecule has 1 N–H and O–H groups in total. The Morgan fingerprint density at radius 1 is 1.25 bits per heavy atom. The van der Waals surface area contributed by atoms with Crippen LogP contribution in [0.3, 0.4) is 0 Å². The van der Waals surface area contributed by atoms with Crippen LogP contribution in [0.1, 0.15) is 12.5 Å². The number of halogens is 1. The summed E-state index contributed by atoms with van der Waals surface area (Å²) in [4.78, 5) is 8.58. The number of fused-ring (bicyclic) bond motifs is 1. The van der Waals surface area contributed by atoms with Crippen LogP contribution in [-0.2, 0) is 6.54 Å². The third kappa shape index (κ3) is 2.28. The lowest BCUT2D eigenvalue weighted by Gasteiger charge is -2.10. The lowest BCUT2D eigenvalue weighted by molar-refractivity contribution is 0.612. The van der Waals surface area contributed by atoms with Crippen molar-refractivity contribution in [3.8, 4) is 5.82 Å². The van der Waals surface area contributed by atoms with Gasteiger partial charge in [0, 0.05) is 12.1 Å². The molecule has 2 aromatic heterocycles. The van der Waals surface area contributed by atoms with Gasteiger partial charge in [-0.3, -0.25) is 4.57 Å². The Hall–Kier alpha value is -2.27. The Morgan fingerprint density at radius 3 is 2.95 bits per heavy atom. The Labute approximate surface area is 116 Å². The van der Waals surface area contributed by atoms with Crippen LogP contribution in [0, 0.1) is 5.82 Å². The zero-order valence-corrected chi connectivity index (χ0v) is 11.2. The molecule has 3 aromatic rings. The fourth-order valence-corrected chi connectivity index (χ4v) is 2.21. The average Bonchev–Trinajstić information content (AvgIpc) is 2.89. The SMILES string of the molecule is CCNCc1cc(F)cnc1-n1cnc2ccccc21. The smallest absolute Gasteiger partial charge is 0.143 e. The molecule has 1 aromatic carbocycles. The predicted molar refractivity (Wildman–Crippen MR) is 76.2 cm³/mol. The van der Waals surface area contributed by atoms with Crippen molar-refractivity contribution in [3.63, 3.8) is 0 Å². The number of aromatic nitrogens is 3. The van der Waals surface area contributed by atoms with Crippen molar-refractivity contribution in [3.05, 3.63) is 54.2 Å². The Morgan fingerprint density at radius 2 is 2.10 bits per heavy atom. The quantitative estimate of drug-likeness (QED) is 0.792. The highest BCUT2D eigenvalue weighted by atomic mass is 19.1. The number of imidazole rings is 1. The van der Waals surface area contributed by atoms with Gasteiger partial charge in [-0.2, -0.15) is 0 Å². The van der Waals surface area contributed by atoms with E-state index in [1.54, 1.807) is 6.33 Å². The minimum atomic E-state index is -0.328. The van der Waals surface area contributed by atoms with Gasteiger partial charge in [0.15, 0.2) is 0 Å². The van der Waals surface area contributed by atoms with Gasteiger partial charge in [-0.25, -0.2) is 14.4 Å². The summed E-state index contributed by atoms with van der Waals surface area (Å²) in [6.45, 7) is 3.41. The molecule has 3 rings (SSSR count). The standard InChI is InChI=1S/C15H15FN4/c1-2-17-8-11-7-12(16)9-18-15(11)20-10-19-13-5-3-4-6-14(13)20/h3-7,9-10,17H,2,8H2,1H3. The molecule has 0 saturated heterocycles. The van der Waals surface area contributed by atoms with Gasteiger partial charge in [0.05, 0.1) is 17.2 Å². The van der Waals surface area contributed by atoms with Crippen molar-refractivity contribution in [2.45, 2.75) is 13.5 Å². The van der Waals surface area contributed by atoms with Gasteiger partial charge in [0.1, 0.15) is 18.0 Å². The Balaban J connectivity index is 2.13. The van der Waals surface area contributed by atoms with Crippen LogP contribution in [0.2, 0.25) is 0 Å². The van der Waals surface area contributed by atoms with Crippen LogP contribution in [0.4, 0.5) is 4.39 Å². The number of hydrogen-bond acceptors (Lipinski definition) is 3. The second-order valence-corrected chi connectivity index (χ2v) is 4.52. The molecule has 0 fully saturated rings. The molecule has 0 bridgehead atoms. The molecule has 2 heterocycles. The van der Waals surface area contributed by atoms with Gasteiger partial charge in [0.25, 0.3) is 0 Å². The number of benzene rings is 1. The first kappa shape index (κ1) is 12.7. The van der Waals surface area contributed by atoms with E-state index in [2.05, 4.69) is 15.3 Å². The van der Waals surface area contributed by atoms with E-state index >= 15 is 0 Å². The Bertz CT molecular complexity index is 736. The maximum Gasteiger partial charge on any atom is 0.143 e. The number of rotatable bonds is 4. The first-order chi connectivity index (χ1) is 9.79. The number of hydrogen-bond donors (Lipinski definition) is 1. The number of para-hydroxylation sites is 2. The molecule has 0 radical (unpaired) electrons. The van der Waals surface area contributed by atoms with E-state index in [0.717, 1.165) is 23.1 Å². The highest BCUT2D eigenvalue weighted by molar-refractivity contribution is 5.77. The lowest BCUT2D eigenvalue weighted by Crippen LogP contribution is -2.15. The molecule has 0 aliphatic carbocycles. The topological polar surface area (TPSA) is 42.7 Å². The van der Waals surface area contributed by atoms with Crippen LogP contribution >= 0.6 is 0 Å². The van der Waals surface area contributed by atoms with Crippen LogP contribution in [0.15, 0.2) is 42.9 Å². The normalized spacial score (nSPS) is 11.1. The predicted octanol–water partition coefficient (Wildman–Crippen LogP) is 2.67. The highest BCUT2D eigenvalue weighted by Crippen LogP contribution is 2.19. The summed E-state index contributed by atoms with van der Waals surface area (Å²) < 4.78 is 15.3. The maximum atomic E-state index is 13.4. The summed E-state index contributed by atoms with van der Waals surface area (Å²) in [7, 11) is 0. The zero-order chi connectivity index (χ0) is 13.9. The molecule has 0 atom stereocenters. The van der Waals surface area contributed by atoms with Crippen molar-refractivity contribution in [2.75, 3.05) is 6.54 Å². The summed E-state index contributed by atoms with van der Waals surface area (Å²) in [6, 6.07) is 9.33. The monoisotopic (exact) mass is 270 g/mol.